The number of aromatic nitrogens is 8. The zero-order chi connectivity index (χ0) is 29.9. The summed E-state index contributed by atoms with van der Waals surface area (Å²) in [4.78, 5) is 30.6. The molecule has 0 saturated carbocycles. The number of ketones is 1. The minimum absolute atomic E-state index is 0.0791. The van der Waals surface area contributed by atoms with Gasteiger partial charge in [-0.3, -0.25) is 18.9 Å². The van der Waals surface area contributed by atoms with Crippen molar-refractivity contribution < 1.29 is 18.0 Å². The number of Topliss-reactive ketones (excluding diaryl/α,β-unsaturated/α-hetero) is 1. The molecule has 5 rings (SSSR count). The molecule has 1 aromatic carbocycles. The highest BCUT2D eigenvalue weighted by molar-refractivity contribution is 6.03. The minimum Gasteiger partial charge on any atom is -0.333 e. The third-order valence-electron chi connectivity index (χ3n) is 7.02. The number of aryl methyl sites for hydroxylation is 2. The van der Waals surface area contributed by atoms with E-state index in [-0.39, 0.29) is 12.4 Å². The van der Waals surface area contributed by atoms with Gasteiger partial charge in [0, 0.05) is 42.6 Å². The molecule has 1 N–H and O–H groups in total. The molecule has 0 aliphatic rings. The summed E-state index contributed by atoms with van der Waals surface area (Å²) in [7, 11) is 0. The minimum atomic E-state index is -5.07. The molecule has 0 radical (unpaired) electrons. The van der Waals surface area contributed by atoms with Gasteiger partial charge in [0.2, 0.25) is 0 Å². The largest absolute Gasteiger partial charge is 0.455 e. The van der Waals surface area contributed by atoms with Crippen LogP contribution in [0.5, 0.6) is 0 Å². The molecule has 218 valence electrons. The Morgan fingerprint density at radius 3 is 2.45 bits per heavy atom. The number of nitrogens with one attached hydrogen (secondary N) is 1. The van der Waals surface area contributed by atoms with E-state index in [1.807, 2.05) is 44.2 Å². The van der Waals surface area contributed by atoms with Gasteiger partial charge in [-0.05, 0) is 58.5 Å². The summed E-state index contributed by atoms with van der Waals surface area (Å²) in [5.41, 5.74) is 2.84. The van der Waals surface area contributed by atoms with E-state index in [0.29, 0.717) is 30.9 Å². The first kappa shape index (κ1) is 28.7. The van der Waals surface area contributed by atoms with Crippen molar-refractivity contribution in [3.05, 3.63) is 88.5 Å². The van der Waals surface area contributed by atoms with Crippen molar-refractivity contribution in [2.75, 3.05) is 0 Å². The maximum Gasteiger partial charge on any atom is 0.455 e. The normalized spacial score (nSPS) is 11.7. The number of carbonyl (C=O) groups excluding carboxylic acids is 1. The number of aromatic amines is 1. The lowest BCUT2D eigenvalue weighted by atomic mass is 10.00. The third-order valence-corrected chi connectivity index (χ3v) is 7.02. The van der Waals surface area contributed by atoms with Crippen LogP contribution >= 0.6 is 0 Å². The van der Waals surface area contributed by atoms with Crippen molar-refractivity contribution in [3.8, 4) is 28.3 Å². The van der Waals surface area contributed by atoms with Gasteiger partial charge in [0.1, 0.15) is 5.82 Å². The van der Waals surface area contributed by atoms with Crippen molar-refractivity contribution in [2.24, 2.45) is 0 Å². The molecule has 10 nitrogen and oxygen atoms in total. The van der Waals surface area contributed by atoms with E-state index in [4.69, 9.17) is 0 Å². The summed E-state index contributed by atoms with van der Waals surface area (Å²) < 4.78 is 44.8. The zero-order valence-corrected chi connectivity index (χ0v) is 23.1. The number of alkyl halides is 3. The van der Waals surface area contributed by atoms with E-state index in [1.165, 1.54) is 15.3 Å². The van der Waals surface area contributed by atoms with Crippen LogP contribution in [0.1, 0.15) is 54.7 Å². The van der Waals surface area contributed by atoms with Crippen molar-refractivity contribution in [3.63, 3.8) is 0 Å². The molecular weight excluding hydrogens is 549 g/mol. The van der Waals surface area contributed by atoms with Gasteiger partial charge >= 0.3 is 11.9 Å². The molecule has 5 aromatic rings. The molecule has 4 heterocycles. The van der Waals surface area contributed by atoms with Gasteiger partial charge in [-0.25, -0.2) is 9.89 Å². The molecule has 42 heavy (non-hydrogen) atoms. The van der Waals surface area contributed by atoms with Crippen LogP contribution in [0.4, 0.5) is 13.2 Å². The van der Waals surface area contributed by atoms with Gasteiger partial charge in [-0.15, -0.1) is 5.10 Å². The molecule has 0 atom stereocenters. The number of pyridine rings is 1. The number of nitrogens with zero attached hydrogens (tertiary/aromatic N) is 7. The maximum atomic E-state index is 13.9. The molecule has 0 aliphatic carbocycles. The number of tetrazole rings is 1. The molecule has 0 saturated heterocycles. The second-order valence-electron chi connectivity index (χ2n) is 9.90. The Morgan fingerprint density at radius 1 is 1.02 bits per heavy atom. The van der Waals surface area contributed by atoms with Gasteiger partial charge in [0.15, 0.2) is 5.82 Å². The molecule has 0 bridgehead atoms. The molecule has 13 heteroatoms. The fraction of sp³-hybridized carbons (Fsp3) is 0.310. The van der Waals surface area contributed by atoms with Crippen LogP contribution in [-0.4, -0.2) is 51.3 Å². The van der Waals surface area contributed by atoms with Crippen LogP contribution in [0.15, 0.2) is 66.0 Å². The van der Waals surface area contributed by atoms with Gasteiger partial charge < -0.3 is 4.57 Å². The summed E-state index contributed by atoms with van der Waals surface area (Å²) in [6.07, 6.45) is 4.00. The topological polar surface area (TPSA) is 116 Å². The number of rotatable bonds is 11. The number of hydrogen-bond donors (Lipinski definition) is 1. The van der Waals surface area contributed by atoms with Crippen LogP contribution in [0.25, 0.3) is 28.3 Å². The Labute approximate surface area is 238 Å². The van der Waals surface area contributed by atoms with E-state index in [2.05, 4.69) is 25.6 Å². The van der Waals surface area contributed by atoms with Gasteiger partial charge in [-0.1, -0.05) is 44.5 Å². The quantitative estimate of drug-likeness (QED) is 0.215. The number of hydrogen-bond acceptors (Lipinski definition) is 6. The van der Waals surface area contributed by atoms with Gasteiger partial charge in [0.25, 0.3) is 5.78 Å². The van der Waals surface area contributed by atoms with Crippen molar-refractivity contribution in [2.45, 2.75) is 58.8 Å². The van der Waals surface area contributed by atoms with Crippen LogP contribution in [-0.2, 0) is 19.5 Å². The van der Waals surface area contributed by atoms with E-state index < -0.39 is 23.2 Å². The molecule has 0 spiro atoms. The second kappa shape index (κ2) is 12.0. The second-order valence-corrected chi connectivity index (χ2v) is 9.90. The molecule has 0 amide bonds. The Morgan fingerprint density at radius 2 is 1.79 bits per heavy atom. The summed E-state index contributed by atoms with van der Waals surface area (Å²) >= 11 is 0. The number of imidazole rings is 1. The number of halogens is 3. The van der Waals surface area contributed by atoms with E-state index in [1.54, 1.807) is 23.2 Å². The molecule has 0 unspecified atom stereocenters. The predicted octanol–water partition coefficient (Wildman–Crippen LogP) is 5.23. The standard InChI is InChI=1S/C29H29F3N8O2/c1-3-5-6-22-18-40(27-24(25(41)29(30,31)32)12-15-38(27)14-4-2)28(42)39(22)17-21-16-33-13-11-23(21)19-7-9-20(10-8-19)26-34-36-37-35-26/h7-13,15-16,18H,3-6,14,17H2,1-2H3,(H,34,35,36,37). The van der Waals surface area contributed by atoms with Crippen LogP contribution in [0.3, 0.4) is 0 Å². The Bertz CT molecular complexity index is 1730. The number of carbonyl (C=O) groups is 1. The lowest BCUT2D eigenvalue weighted by Crippen LogP contribution is -2.29. The van der Waals surface area contributed by atoms with E-state index in [0.717, 1.165) is 41.2 Å². The van der Waals surface area contributed by atoms with Crippen LogP contribution in [0, 0.1) is 0 Å². The first-order valence-electron chi connectivity index (χ1n) is 13.6. The Balaban J connectivity index is 1.59. The average Bonchev–Trinajstić information content (AvgIpc) is 3.72. The summed E-state index contributed by atoms with van der Waals surface area (Å²) in [5, 5.41) is 13.9. The monoisotopic (exact) mass is 578 g/mol. The molecule has 4 aromatic heterocycles. The Kier molecular flexibility index (Phi) is 8.18. The summed E-state index contributed by atoms with van der Waals surface area (Å²) in [6.45, 7) is 4.37. The lowest BCUT2D eigenvalue weighted by Gasteiger charge is -2.13. The SMILES string of the molecule is CCCCc1cn(-c2c(C(=O)C(F)(F)F)ccn2CCC)c(=O)n1Cc1cnccc1-c1ccc(-c2nnn[nH]2)cc1. The zero-order valence-electron chi connectivity index (χ0n) is 23.1. The molecular formula is C29H29F3N8O2. The fourth-order valence-electron chi connectivity index (χ4n) is 4.98. The average molecular weight is 579 g/mol. The Hall–Kier alpha value is -4.81. The maximum absolute atomic E-state index is 13.9. The highest BCUT2D eigenvalue weighted by Crippen LogP contribution is 2.29. The first-order chi connectivity index (χ1) is 20.2. The summed E-state index contributed by atoms with van der Waals surface area (Å²) in [6, 6.07) is 10.6. The molecule has 0 fully saturated rings. The number of benzene rings is 1. The first-order valence-corrected chi connectivity index (χ1v) is 13.6. The van der Waals surface area contributed by atoms with Crippen LogP contribution < -0.4 is 5.69 Å². The molecule has 0 aliphatic heterocycles. The highest BCUT2D eigenvalue weighted by atomic mass is 19.4. The predicted molar refractivity (Wildman–Crippen MR) is 149 cm³/mol. The van der Waals surface area contributed by atoms with Gasteiger partial charge in [0.05, 0.1) is 12.1 Å². The van der Waals surface area contributed by atoms with Crippen molar-refractivity contribution in [1.29, 1.82) is 0 Å². The van der Waals surface area contributed by atoms with Gasteiger partial charge in [-0.2, -0.15) is 13.2 Å². The van der Waals surface area contributed by atoms with Crippen molar-refractivity contribution in [1.82, 2.24) is 39.3 Å². The lowest BCUT2D eigenvalue weighted by molar-refractivity contribution is -0.0885. The van der Waals surface area contributed by atoms with E-state index >= 15 is 0 Å². The smallest absolute Gasteiger partial charge is 0.333 e. The highest BCUT2D eigenvalue weighted by Gasteiger charge is 2.42. The fourth-order valence-corrected chi connectivity index (χ4v) is 4.98. The van der Waals surface area contributed by atoms with Crippen molar-refractivity contribution >= 4 is 5.78 Å². The summed E-state index contributed by atoms with van der Waals surface area (Å²) in [5.74, 6) is -1.54. The number of H-pyrrole nitrogens is 1. The van der Waals surface area contributed by atoms with Crippen LogP contribution in [0.2, 0.25) is 0 Å². The third kappa shape index (κ3) is 5.67. The number of unbranched alkanes of at least 4 members (excludes halogenated alkanes) is 1. The van der Waals surface area contributed by atoms with E-state index in [9.17, 15) is 22.8 Å².